The van der Waals surface area contributed by atoms with Gasteiger partial charge in [-0.25, -0.2) is 9.78 Å². The van der Waals surface area contributed by atoms with E-state index in [0.717, 1.165) is 29.7 Å². The molecule has 0 radical (unpaired) electrons. The molecule has 1 amide bonds. The molecular weight excluding hydrogens is 450 g/mol. The smallest absolute Gasteiger partial charge is 0.338 e. The first-order valence-electron chi connectivity index (χ1n) is 11.7. The van der Waals surface area contributed by atoms with Crippen LogP contribution in [0.1, 0.15) is 50.1 Å². The number of rotatable bonds is 5. The zero-order chi connectivity index (χ0) is 24.1. The maximum absolute atomic E-state index is 13.1. The number of nitrogens with zero attached hydrogens (tertiary/aromatic N) is 7. The second-order valence-electron chi connectivity index (χ2n) is 9.38. The Hall–Kier alpha value is -3.70. The fourth-order valence-corrected chi connectivity index (χ4v) is 5.58. The summed E-state index contributed by atoms with van der Waals surface area (Å²) < 4.78 is 6.63. The summed E-state index contributed by atoms with van der Waals surface area (Å²) in [5, 5.41) is 22.1. The average Bonchev–Trinajstić information content (AvgIpc) is 3.66. The van der Waals surface area contributed by atoms with E-state index in [-0.39, 0.29) is 24.5 Å². The van der Waals surface area contributed by atoms with Gasteiger partial charge < -0.3 is 14.7 Å². The van der Waals surface area contributed by atoms with Gasteiger partial charge in [-0.3, -0.25) is 9.69 Å². The maximum Gasteiger partial charge on any atom is 0.338 e. The summed E-state index contributed by atoms with van der Waals surface area (Å²) in [6, 6.07) is 7.24. The highest BCUT2D eigenvalue weighted by Gasteiger charge is 2.43. The average molecular weight is 476 g/mol. The number of carbonyl (C=O) groups is 2. The Morgan fingerprint density at radius 2 is 2.14 bits per heavy atom. The van der Waals surface area contributed by atoms with Gasteiger partial charge in [-0.15, -0.1) is 5.10 Å². The lowest BCUT2D eigenvalue weighted by molar-refractivity contribution is 0.0534. The third-order valence-corrected chi connectivity index (χ3v) is 7.50. The number of hydrogen-bond donors (Lipinski definition) is 1. The molecule has 0 spiro atoms. The van der Waals surface area contributed by atoms with Crippen LogP contribution in [0.25, 0.3) is 5.69 Å². The van der Waals surface area contributed by atoms with Crippen molar-refractivity contribution in [2.45, 2.75) is 32.1 Å². The quantitative estimate of drug-likeness (QED) is 0.536. The lowest BCUT2D eigenvalue weighted by atomic mass is 9.95. The lowest BCUT2D eigenvalue weighted by Crippen LogP contribution is -2.39. The second kappa shape index (κ2) is 8.51. The van der Waals surface area contributed by atoms with Crippen molar-refractivity contribution in [1.29, 1.82) is 0 Å². The van der Waals surface area contributed by atoms with Gasteiger partial charge in [-0.2, -0.15) is 4.68 Å². The molecule has 0 aliphatic carbocycles. The minimum absolute atomic E-state index is 0.0951. The van der Waals surface area contributed by atoms with Crippen LogP contribution in [0.3, 0.4) is 0 Å². The van der Waals surface area contributed by atoms with E-state index in [1.54, 1.807) is 24.4 Å². The van der Waals surface area contributed by atoms with Crippen LogP contribution in [0.2, 0.25) is 0 Å². The number of aliphatic hydroxyl groups is 1. The molecular formula is C24H25N7O4. The van der Waals surface area contributed by atoms with Crippen LogP contribution in [0.5, 0.6) is 0 Å². The molecule has 6 rings (SSSR count). The second-order valence-corrected chi connectivity index (χ2v) is 9.38. The first-order chi connectivity index (χ1) is 17.0. The SMILES string of the molecule is Cc1c([C@@H](O)CN2CCC3CN(C(=O)c4ccc(-n5cnnn5)cn4)CC32)ccc2c1COC2=O. The summed E-state index contributed by atoms with van der Waals surface area (Å²) in [7, 11) is 0. The number of hydrogen-bond acceptors (Lipinski definition) is 9. The normalized spacial score (nSPS) is 22.2. The number of likely N-dealkylation sites (tertiary alicyclic amines) is 2. The van der Waals surface area contributed by atoms with Crippen LogP contribution >= 0.6 is 0 Å². The van der Waals surface area contributed by atoms with Gasteiger partial charge in [0, 0.05) is 31.2 Å². The van der Waals surface area contributed by atoms with Gasteiger partial charge >= 0.3 is 5.97 Å². The largest absolute Gasteiger partial charge is 0.457 e. The van der Waals surface area contributed by atoms with Crippen molar-refractivity contribution in [3.8, 4) is 5.69 Å². The molecule has 3 aliphatic heterocycles. The van der Waals surface area contributed by atoms with Crippen LogP contribution < -0.4 is 0 Å². The molecule has 1 aromatic carbocycles. The standard InChI is InChI=1S/C24H25N7O4/c1-14-17(3-4-18-19(14)12-35-24(18)34)22(32)11-29-7-6-15-9-30(10-21(15)29)23(33)20-5-2-16(8-25-20)31-13-26-27-28-31/h2-5,8,13,15,21-22,32H,6-7,9-12H2,1H3/t15?,21?,22-/m0/s1. The van der Waals surface area contributed by atoms with Gasteiger partial charge in [0.05, 0.1) is 23.6 Å². The Kier molecular flexibility index (Phi) is 5.30. The van der Waals surface area contributed by atoms with E-state index < -0.39 is 6.10 Å². The number of amides is 1. The molecule has 180 valence electrons. The fourth-order valence-electron chi connectivity index (χ4n) is 5.58. The predicted octanol–water partition coefficient (Wildman–Crippen LogP) is 0.916. The molecule has 3 aromatic rings. The highest BCUT2D eigenvalue weighted by Crippen LogP contribution is 2.35. The van der Waals surface area contributed by atoms with Crippen molar-refractivity contribution >= 4 is 11.9 Å². The number of esters is 1. The number of fused-ring (bicyclic) bond motifs is 2. The Labute approximate surface area is 201 Å². The number of ether oxygens (including phenoxy) is 1. The number of tetrazole rings is 1. The van der Waals surface area contributed by atoms with Gasteiger partial charge in [0.1, 0.15) is 18.6 Å². The molecule has 3 atom stereocenters. The molecule has 2 fully saturated rings. The Morgan fingerprint density at radius 1 is 1.26 bits per heavy atom. The molecule has 2 saturated heterocycles. The number of β-amino-alcohol motifs (C(OH)–C–C–N with tert-alkyl or cyclic N) is 1. The van der Waals surface area contributed by atoms with E-state index in [0.29, 0.717) is 42.5 Å². The van der Waals surface area contributed by atoms with Crippen molar-refractivity contribution in [2.24, 2.45) is 5.92 Å². The zero-order valence-corrected chi connectivity index (χ0v) is 19.2. The molecule has 5 heterocycles. The summed E-state index contributed by atoms with van der Waals surface area (Å²) in [4.78, 5) is 33.4. The molecule has 2 unspecified atom stereocenters. The van der Waals surface area contributed by atoms with Crippen LogP contribution in [0.15, 0.2) is 36.8 Å². The number of benzene rings is 1. The van der Waals surface area contributed by atoms with E-state index in [1.807, 2.05) is 17.9 Å². The van der Waals surface area contributed by atoms with Gasteiger partial charge in [0.15, 0.2) is 0 Å². The molecule has 11 nitrogen and oxygen atoms in total. The summed E-state index contributed by atoms with van der Waals surface area (Å²) in [5.74, 6) is -0.0251. The minimum Gasteiger partial charge on any atom is -0.457 e. The molecule has 1 N–H and O–H groups in total. The Balaban J connectivity index is 1.12. The van der Waals surface area contributed by atoms with E-state index in [2.05, 4.69) is 25.4 Å². The lowest BCUT2D eigenvalue weighted by Gasteiger charge is -2.27. The maximum atomic E-state index is 13.1. The first kappa shape index (κ1) is 21.8. The van der Waals surface area contributed by atoms with E-state index in [1.165, 1.54) is 11.0 Å². The third-order valence-electron chi connectivity index (χ3n) is 7.50. The van der Waals surface area contributed by atoms with Crippen molar-refractivity contribution in [3.05, 3.63) is 64.7 Å². The minimum atomic E-state index is -0.681. The summed E-state index contributed by atoms with van der Waals surface area (Å²) >= 11 is 0. The topological polar surface area (TPSA) is 127 Å². The van der Waals surface area contributed by atoms with Crippen molar-refractivity contribution in [1.82, 2.24) is 35.0 Å². The zero-order valence-electron chi connectivity index (χ0n) is 19.2. The molecule has 35 heavy (non-hydrogen) atoms. The van der Waals surface area contributed by atoms with Crippen molar-refractivity contribution < 1.29 is 19.4 Å². The summed E-state index contributed by atoms with van der Waals surface area (Å²) in [6.07, 6.45) is 3.36. The van der Waals surface area contributed by atoms with Gasteiger partial charge in [0.25, 0.3) is 5.91 Å². The number of cyclic esters (lactones) is 1. The fraction of sp³-hybridized carbons (Fsp3) is 0.417. The van der Waals surface area contributed by atoms with Crippen molar-refractivity contribution in [2.75, 3.05) is 26.2 Å². The van der Waals surface area contributed by atoms with Gasteiger partial charge in [-0.05, 0) is 65.6 Å². The predicted molar refractivity (Wildman–Crippen MR) is 122 cm³/mol. The van der Waals surface area contributed by atoms with Crippen LogP contribution in [0, 0.1) is 12.8 Å². The van der Waals surface area contributed by atoms with Crippen molar-refractivity contribution in [3.63, 3.8) is 0 Å². The number of pyridine rings is 1. The molecule has 3 aliphatic rings. The van der Waals surface area contributed by atoms with Crippen LogP contribution in [-0.4, -0.2) is 84.2 Å². The van der Waals surface area contributed by atoms with E-state index in [9.17, 15) is 14.7 Å². The highest BCUT2D eigenvalue weighted by atomic mass is 16.5. The molecule has 0 saturated carbocycles. The number of aromatic nitrogens is 5. The number of carbonyl (C=O) groups excluding carboxylic acids is 2. The molecule has 0 bridgehead atoms. The highest BCUT2D eigenvalue weighted by molar-refractivity contribution is 5.94. The monoisotopic (exact) mass is 475 g/mol. The van der Waals surface area contributed by atoms with Gasteiger partial charge in [0.2, 0.25) is 0 Å². The Bertz CT molecular complexity index is 1280. The summed E-state index contributed by atoms with van der Waals surface area (Å²) in [5.41, 5.74) is 4.26. The van der Waals surface area contributed by atoms with E-state index >= 15 is 0 Å². The number of aliphatic hydroxyl groups excluding tert-OH is 1. The van der Waals surface area contributed by atoms with Crippen LogP contribution in [0.4, 0.5) is 0 Å². The van der Waals surface area contributed by atoms with Gasteiger partial charge in [-0.1, -0.05) is 6.07 Å². The van der Waals surface area contributed by atoms with Crippen LogP contribution in [-0.2, 0) is 11.3 Å². The Morgan fingerprint density at radius 3 is 2.91 bits per heavy atom. The molecule has 11 heteroatoms. The third kappa shape index (κ3) is 3.76. The first-order valence-corrected chi connectivity index (χ1v) is 11.7. The summed E-state index contributed by atoms with van der Waals surface area (Å²) in [6.45, 7) is 4.86. The van der Waals surface area contributed by atoms with E-state index in [4.69, 9.17) is 4.74 Å². The molecule has 2 aromatic heterocycles.